The van der Waals surface area contributed by atoms with Gasteiger partial charge in [-0.1, -0.05) is 0 Å². The van der Waals surface area contributed by atoms with Gasteiger partial charge in [-0.15, -0.1) is 0 Å². The normalized spacial score (nSPS) is 11.3. The van der Waals surface area contributed by atoms with Crippen molar-refractivity contribution in [2.75, 3.05) is 0 Å². The largest absolute Gasteiger partial charge is 0.299 e. The van der Waals surface area contributed by atoms with E-state index in [2.05, 4.69) is 18.9 Å². The smallest absolute Gasteiger partial charge is 0.277 e. The zero-order chi connectivity index (χ0) is 18.6. The molecule has 130 valence electrons. The fraction of sp³-hybridized carbons (Fsp3) is 0.350. The Bertz CT molecular complexity index is 1100. The van der Waals surface area contributed by atoms with Crippen molar-refractivity contribution in [3.63, 3.8) is 0 Å². The molecule has 3 rings (SSSR count). The van der Waals surface area contributed by atoms with Crippen LogP contribution >= 0.6 is 0 Å². The number of hydrogen-bond donors (Lipinski definition) is 1. The third-order valence-electron chi connectivity index (χ3n) is 5.21. The summed E-state index contributed by atoms with van der Waals surface area (Å²) in [5, 5.41) is 3.98. The first-order valence-electron chi connectivity index (χ1n) is 8.33. The van der Waals surface area contributed by atoms with Gasteiger partial charge in [-0.05, 0) is 69.9 Å². The van der Waals surface area contributed by atoms with Crippen LogP contribution in [0.1, 0.15) is 49.6 Å². The maximum atomic E-state index is 13.1. The van der Waals surface area contributed by atoms with E-state index in [0.717, 1.165) is 27.7 Å². The molecule has 0 unspecified atom stereocenters. The lowest BCUT2D eigenvalue weighted by molar-refractivity contribution is 0.103. The van der Waals surface area contributed by atoms with Crippen molar-refractivity contribution < 1.29 is 4.79 Å². The first-order chi connectivity index (χ1) is 11.6. The van der Waals surface area contributed by atoms with Crippen molar-refractivity contribution in [3.05, 3.63) is 61.2 Å². The van der Waals surface area contributed by atoms with Gasteiger partial charge in [0.15, 0.2) is 0 Å². The predicted molar refractivity (Wildman–Crippen MR) is 99.6 cm³/mol. The Kier molecular flexibility index (Phi) is 3.90. The molecule has 0 atom stereocenters. The van der Waals surface area contributed by atoms with Gasteiger partial charge in [-0.25, -0.2) is 0 Å². The van der Waals surface area contributed by atoms with Crippen LogP contribution in [0.15, 0.2) is 10.9 Å². The van der Waals surface area contributed by atoms with Crippen molar-refractivity contribution in [1.29, 1.82) is 0 Å². The average molecular weight is 337 g/mol. The number of ketones is 1. The van der Waals surface area contributed by atoms with Crippen LogP contribution in [0.4, 0.5) is 0 Å². The molecule has 5 nitrogen and oxygen atoms in total. The molecule has 2 aromatic heterocycles. The Balaban J connectivity index is 2.35. The molecule has 1 aromatic carbocycles. The maximum Gasteiger partial charge on any atom is 0.277 e. The molecule has 2 heterocycles. The molecule has 0 saturated carbocycles. The van der Waals surface area contributed by atoms with E-state index >= 15 is 0 Å². The molecule has 0 bridgehead atoms. The first kappa shape index (κ1) is 17.1. The molecule has 0 fully saturated rings. The number of nitrogens with zero attached hydrogens (tertiary/aromatic N) is 2. The van der Waals surface area contributed by atoms with E-state index in [1.807, 2.05) is 26.8 Å². The lowest BCUT2D eigenvalue weighted by atomic mass is 9.91. The molecule has 0 aliphatic heterocycles. The summed E-state index contributed by atoms with van der Waals surface area (Å²) in [6.45, 7) is 11.8. The third kappa shape index (κ3) is 2.42. The van der Waals surface area contributed by atoms with Crippen molar-refractivity contribution in [2.24, 2.45) is 7.05 Å². The maximum absolute atomic E-state index is 13.1. The minimum absolute atomic E-state index is 0.199. The van der Waals surface area contributed by atoms with Gasteiger partial charge < -0.3 is 0 Å². The molecular weight excluding hydrogens is 314 g/mol. The third-order valence-corrected chi connectivity index (χ3v) is 5.21. The van der Waals surface area contributed by atoms with E-state index in [0.29, 0.717) is 11.3 Å². The van der Waals surface area contributed by atoms with E-state index in [-0.39, 0.29) is 16.9 Å². The highest BCUT2D eigenvalue weighted by molar-refractivity contribution is 6.13. The summed E-state index contributed by atoms with van der Waals surface area (Å²) < 4.78 is 1.34. The quantitative estimate of drug-likeness (QED) is 0.729. The standard InChI is InChI=1S/C20H23N3O2/c1-9-8-15(19(24)17-14(6)22-23(7)20(17)25)12(4)18-16(9)11(3)10(2)13(5)21-18/h8,22H,1-7H3. The average Bonchev–Trinajstić information content (AvgIpc) is 2.80. The van der Waals surface area contributed by atoms with Crippen LogP contribution in [0.2, 0.25) is 0 Å². The number of carbonyl (C=O) groups is 1. The van der Waals surface area contributed by atoms with Gasteiger partial charge in [-0.3, -0.25) is 24.4 Å². The molecule has 1 N–H and O–H groups in total. The molecule has 25 heavy (non-hydrogen) atoms. The summed E-state index contributed by atoms with van der Waals surface area (Å²) in [6.07, 6.45) is 0. The number of pyridine rings is 1. The highest BCUT2D eigenvalue weighted by atomic mass is 16.2. The van der Waals surface area contributed by atoms with Crippen LogP contribution in [0.5, 0.6) is 0 Å². The van der Waals surface area contributed by atoms with E-state index < -0.39 is 0 Å². The molecular formula is C20H23N3O2. The number of aromatic nitrogens is 3. The number of rotatable bonds is 2. The molecule has 0 radical (unpaired) electrons. The SMILES string of the molecule is Cc1nc2c(C)c(C(=O)c3c(C)[nH]n(C)c3=O)cc(C)c2c(C)c1C. The molecule has 0 aliphatic rings. The number of hydrogen-bond acceptors (Lipinski definition) is 3. The zero-order valence-electron chi connectivity index (χ0n) is 15.8. The summed E-state index contributed by atoms with van der Waals surface area (Å²) in [5.41, 5.74) is 7.01. The monoisotopic (exact) mass is 337 g/mol. The number of nitrogens with one attached hydrogen (secondary N) is 1. The Labute approximate surface area is 146 Å². The van der Waals surface area contributed by atoms with E-state index in [1.54, 1.807) is 14.0 Å². The van der Waals surface area contributed by atoms with Crippen molar-refractivity contribution in [1.82, 2.24) is 14.8 Å². The zero-order valence-corrected chi connectivity index (χ0v) is 15.8. The van der Waals surface area contributed by atoms with E-state index in [1.165, 1.54) is 15.8 Å². The minimum Gasteiger partial charge on any atom is -0.299 e. The second kappa shape index (κ2) is 5.69. The lowest BCUT2D eigenvalue weighted by Gasteiger charge is -2.15. The van der Waals surface area contributed by atoms with Gasteiger partial charge in [0, 0.05) is 29.4 Å². The summed E-state index contributed by atoms with van der Waals surface area (Å²) in [5.74, 6) is -0.250. The Morgan fingerprint density at radius 2 is 1.68 bits per heavy atom. The van der Waals surface area contributed by atoms with Crippen LogP contribution < -0.4 is 5.56 Å². The minimum atomic E-state index is -0.302. The van der Waals surface area contributed by atoms with Crippen LogP contribution in [-0.2, 0) is 7.05 Å². The predicted octanol–water partition coefficient (Wildman–Crippen LogP) is 3.34. The molecule has 5 heteroatoms. The van der Waals surface area contributed by atoms with Crippen molar-refractivity contribution in [2.45, 2.75) is 41.5 Å². The number of carbonyl (C=O) groups excluding carboxylic acids is 1. The van der Waals surface area contributed by atoms with E-state index in [4.69, 9.17) is 4.98 Å². The van der Waals surface area contributed by atoms with Gasteiger partial charge in [0.25, 0.3) is 5.56 Å². The summed E-state index contributed by atoms with van der Waals surface area (Å²) >= 11 is 0. The number of benzene rings is 1. The van der Waals surface area contributed by atoms with Gasteiger partial charge in [0.2, 0.25) is 5.78 Å². The summed E-state index contributed by atoms with van der Waals surface area (Å²) in [6, 6.07) is 1.88. The van der Waals surface area contributed by atoms with Gasteiger partial charge in [-0.2, -0.15) is 0 Å². The fourth-order valence-electron chi connectivity index (χ4n) is 3.55. The van der Waals surface area contributed by atoms with Crippen LogP contribution in [0.3, 0.4) is 0 Å². The molecule has 0 amide bonds. The number of fused-ring (bicyclic) bond motifs is 1. The molecule has 0 spiro atoms. The van der Waals surface area contributed by atoms with Crippen molar-refractivity contribution in [3.8, 4) is 0 Å². The first-order valence-corrected chi connectivity index (χ1v) is 8.33. The molecule has 0 aliphatic carbocycles. The van der Waals surface area contributed by atoms with Crippen LogP contribution in [-0.4, -0.2) is 20.5 Å². The second-order valence-electron chi connectivity index (χ2n) is 6.84. The highest BCUT2D eigenvalue weighted by Gasteiger charge is 2.23. The van der Waals surface area contributed by atoms with Crippen LogP contribution in [0, 0.1) is 41.5 Å². The lowest BCUT2D eigenvalue weighted by Crippen LogP contribution is -2.20. The summed E-state index contributed by atoms with van der Waals surface area (Å²) in [4.78, 5) is 30.1. The Morgan fingerprint density at radius 1 is 1.04 bits per heavy atom. The second-order valence-corrected chi connectivity index (χ2v) is 6.84. The topological polar surface area (TPSA) is 67.8 Å². The molecule has 3 aromatic rings. The van der Waals surface area contributed by atoms with Gasteiger partial charge in [0.05, 0.1) is 5.52 Å². The summed E-state index contributed by atoms with van der Waals surface area (Å²) in [7, 11) is 1.61. The van der Waals surface area contributed by atoms with Gasteiger partial charge in [0.1, 0.15) is 5.56 Å². The van der Waals surface area contributed by atoms with Gasteiger partial charge >= 0.3 is 0 Å². The highest BCUT2D eigenvalue weighted by Crippen LogP contribution is 2.30. The van der Waals surface area contributed by atoms with E-state index in [9.17, 15) is 9.59 Å². The number of H-pyrrole nitrogens is 1. The Hall–Kier alpha value is -2.69. The fourth-order valence-corrected chi connectivity index (χ4v) is 3.55. The number of aryl methyl sites for hydroxylation is 6. The number of aromatic amines is 1. The van der Waals surface area contributed by atoms with Crippen molar-refractivity contribution >= 4 is 16.7 Å². The Morgan fingerprint density at radius 3 is 2.24 bits per heavy atom. The molecule has 0 saturated heterocycles. The van der Waals surface area contributed by atoms with Crippen LogP contribution in [0.25, 0.3) is 10.9 Å².